The van der Waals surface area contributed by atoms with E-state index in [2.05, 4.69) is 9.97 Å². The van der Waals surface area contributed by atoms with Gasteiger partial charge in [-0.15, -0.1) is 0 Å². The molecule has 6 nitrogen and oxygen atoms in total. The standard InChI is InChI=1S/C14H14N2O4S/c1-8-5-12(17)16-14(15-8)21-7-10-6-9(13(18)19)3-4-11(10)20-2/h3-6H,7H2,1-2H3,(H,18,19)(H,15,16,17). The van der Waals surface area contributed by atoms with Crippen LogP contribution in [0, 0.1) is 6.92 Å². The molecule has 0 radical (unpaired) electrons. The Balaban J connectivity index is 2.23. The third-order valence-corrected chi connectivity index (χ3v) is 3.66. The maximum absolute atomic E-state index is 11.4. The SMILES string of the molecule is COc1ccc(C(=O)O)cc1CSc1nc(C)cc(=O)[nH]1. The maximum Gasteiger partial charge on any atom is 0.335 e. The van der Waals surface area contributed by atoms with Crippen LogP contribution < -0.4 is 10.3 Å². The van der Waals surface area contributed by atoms with E-state index in [1.165, 1.54) is 31.0 Å². The minimum absolute atomic E-state index is 0.192. The molecule has 1 heterocycles. The Labute approximate surface area is 125 Å². The largest absolute Gasteiger partial charge is 0.496 e. The average Bonchev–Trinajstić information content (AvgIpc) is 2.43. The van der Waals surface area contributed by atoms with E-state index >= 15 is 0 Å². The highest BCUT2D eigenvalue weighted by Crippen LogP contribution is 2.27. The van der Waals surface area contributed by atoms with Gasteiger partial charge in [-0.3, -0.25) is 4.79 Å². The molecule has 2 aromatic rings. The van der Waals surface area contributed by atoms with Gasteiger partial charge in [0, 0.05) is 23.1 Å². The number of benzene rings is 1. The zero-order valence-electron chi connectivity index (χ0n) is 11.5. The van der Waals surface area contributed by atoms with Crippen LogP contribution in [0.15, 0.2) is 34.2 Å². The number of ether oxygens (including phenoxy) is 1. The second kappa shape index (κ2) is 6.45. The molecule has 0 amide bonds. The molecule has 0 bridgehead atoms. The Morgan fingerprint density at radius 2 is 2.19 bits per heavy atom. The molecule has 0 fully saturated rings. The average molecular weight is 306 g/mol. The molecule has 7 heteroatoms. The summed E-state index contributed by atoms with van der Waals surface area (Å²) in [6, 6.07) is 6.08. The van der Waals surface area contributed by atoms with Crippen molar-refractivity contribution >= 4 is 17.7 Å². The van der Waals surface area contributed by atoms with Crippen molar-refractivity contribution in [3.8, 4) is 5.75 Å². The van der Waals surface area contributed by atoms with Crippen molar-refractivity contribution in [3.63, 3.8) is 0 Å². The van der Waals surface area contributed by atoms with E-state index in [-0.39, 0.29) is 11.1 Å². The molecule has 0 aliphatic rings. The van der Waals surface area contributed by atoms with Crippen LogP contribution in [0.25, 0.3) is 0 Å². The first-order chi connectivity index (χ1) is 9.99. The van der Waals surface area contributed by atoms with Crippen molar-refractivity contribution in [2.24, 2.45) is 0 Å². The van der Waals surface area contributed by atoms with E-state index in [1.807, 2.05) is 0 Å². The fraction of sp³-hybridized carbons (Fsp3) is 0.214. The topological polar surface area (TPSA) is 92.3 Å². The molecule has 0 unspecified atom stereocenters. The predicted octanol–water partition coefficient (Wildman–Crippen LogP) is 2.08. The normalized spacial score (nSPS) is 10.4. The van der Waals surface area contributed by atoms with Crippen molar-refractivity contribution in [3.05, 3.63) is 51.4 Å². The quantitative estimate of drug-likeness (QED) is 0.649. The van der Waals surface area contributed by atoms with Crippen molar-refractivity contribution in [2.45, 2.75) is 17.8 Å². The molecular formula is C14H14N2O4S. The number of nitrogens with one attached hydrogen (secondary N) is 1. The molecule has 0 aliphatic carbocycles. The van der Waals surface area contributed by atoms with Gasteiger partial charge in [-0.1, -0.05) is 11.8 Å². The smallest absolute Gasteiger partial charge is 0.335 e. The van der Waals surface area contributed by atoms with Crippen molar-refractivity contribution in [2.75, 3.05) is 7.11 Å². The lowest BCUT2D eigenvalue weighted by Crippen LogP contribution is -2.08. The lowest BCUT2D eigenvalue weighted by atomic mass is 10.1. The summed E-state index contributed by atoms with van der Waals surface area (Å²) in [5.74, 6) is 0.0462. The number of aromatic nitrogens is 2. The molecule has 1 aromatic heterocycles. The second-order valence-corrected chi connectivity index (χ2v) is 5.28. The molecular weight excluding hydrogens is 292 g/mol. The third kappa shape index (κ3) is 3.85. The van der Waals surface area contributed by atoms with Gasteiger partial charge in [0.15, 0.2) is 5.16 Å². The lowest BCUT2D eigenvalue weighted by molar-refractivity contribution is 0.0696. The zero-order valence-corrected chi connectivity index (χ0v) is 12.4. The van der Waals surface area contributed by atoms with Gasteiger partial charge in [0.05, 0.1) is 12.7 Å². The van der Waals surface area contributed by atoms with E-state index in [1.54, 1.807) is 19.1 Å². The number of carboxylic acids is 1. The van der Waals surface area contributed by atoms with Gasteiger partial charge in [-0.2, -0.15) is 0 Å². The molecule has 110 valence electrons. The van der Waals surface area contributed by atoms with Gasteiger partial charge < -0.3 is 14.8 Å². The summed E-state index contributed by atoms with van der Waals surface area (Å²) in [7, 11) is 1.52. The van der Waals surface area contributed by atoms with Crippen LogP contribution in [0.5, 0.6) is 5.75 Å². The number of rotatable bonds is 5. The predicted molar refractivity (Wildman–Crippen MR) is 79.1 cm³/mol. The number of aryl methyl sites for hydroxylation is 1. The highest BCUT2D eigenvalue weighted by Gasteiger charge is 2.10. The molecule has 0 saturated heterocycles. The summed E-state index contributed by atoms with van der Waals surface area (Å²) >= 11 is 1.31. The number of thioether (sulfide) groups is 1. The summed E-state index contributed by atoms with van der Waals surface area (Å²) < 4.78 is 5.22. The molecule has 0 aliphatic heterocycles. The summed E-state index contributed by atoms with van der Waals surface area (Å²) in [6.07, 6.45) is 0. The number of hydrogen-bond acceptors (Lipinski definition) is 5. The first-order valence-electron chi connectivity index (χ1n) is 6.10. The van der Waals surface area contributed by atoms with Crippen LogP contribution in [0.2, 0.25) is 0 Å². The summed E-state index contributed by atoms with van der Waals surface area (Å²) in [5.41, 5.74) is 1.34. The first-order valence-corrected chi connectivity index (χ1v) is 7.09. The highest BCUT2D eigenvalue weighted by molar-refractivity contribution is 7.98. The lowest BCUT2D eigenvalue weighted by Gasteiger charge is -2.09. The Kier molecular flexibility index (Phi) is 4.64. The molecule has 2 N–H and O–H groups in total. The third-order valence-electron chi connectivity index (χ3n) is 2.74. The van der Waals surface area contributed by atoms with E-state index < -0.39 is 5.97 Å². The highest BCUT2D eigenvalue weighted by atomic mass is 32.2. The fourth-order valence-corrected chi connectivity index (χ4v) is 2.69. The van der Waals surface area contributed by atoms with E-state index in [9.17, 15) is 9.59 Å². The van der Waals surface area contributed by atoms with Crippen LogP contribution in [0.1, 0.15) is 21.6 Å². The number of H-pyrrole nitrogens is 1. The number of methoxy groups -OCH3 is 1. The van der Waals surface area contributed by atoms with Gasteiger partial charge in [0.1, 0.15) is 5.75 Å². The molecule has 1 aromatic carbocycles. The number of nitrogens with zero attached hydrogens (tertiary/aromatic N) is 1. The molecule has 2 rings (SSSR count). The van der Waals surface area contributed by atoms with Gasteiger partial charge in [0.2, 0.25) is 0 Å². The first kappa shape index (κ1) is 15.1. The number of hydrogen-bond donors (Lipinski definition) is 2. The van der Waals surface area contributed by atoms with Crippen molar-refractivity contribution < 1.29 is 14.6 Å². The van der Waals surface area contributed by atoms with Crippen LogP contribution >= 0.6 is 11.8 Å². The van der Waals surface area contributed by atoms with Gasteiger partial charge >= 0.3 is 5.97 Å². The second-order valence-electron chi connectivity index (χ2n) is 4.31. The van der Waals surface area contributed by atoms with Crippen LogP contribution in [-0.2, 0) is 5.75 Å². The fourth-order valence-electron chi connectivity index (χ4n) is 1.79. The van der Waals surface area contributed by atoms with E-state index in [4.69, 9.17) is 9.84 Å². The number of carboxylic acid groups (broad SMARTS) is 1. The van der Waals surface area contributed by atoms with Crippen LogP contribution in [0.3, 0.4) is 0 Å². The molecule has 0 spiro atoms. The van der Waals surface area contributed by atoms with E-state index in [0.29, 0.717) is 22.4 Å². The Morgan fingerprint density at radius 3 is 2.81 bits per heavy atom. The summed E-state index contributed by atoms with van der Waals surface area (Å²) in [5, 5.41) is 9.51. The van der Waals surface area contributed by atoms with Gasteiger partial charge in [-0.25, -0.2) is 9.78 Å². The molecule has 0 atom stereocenters. The van der Waals surface area contributed by atoms with Crippen molar-refractivity contribution in [1.29, 1.82) is 0 Å². The minimum atomic E-state index is -0.994. The van der Waals surface area contributed by atoms with Crippen LogP contribution in [-0.4, -0.2) is 28.2 Å². The summed E-state index contributed by atoms with van der Waals surface area (Å²) in [6.45, 7) is 1.74. The maximum atomic E-state index is 11.4. The summed E-state index contributed by atoms with van der Waals surface area (Å²) in [4.78, 5) is 29.2. The number of aromatic carboxylic acids is 1. The number of carbonyl (C=O) groups is 1. The van der Waals surface area contributed by atoms with Crippen molar-refractivity contribution in [1.82, 2.24) is 9.97 Å². The molecule has 21 heavy (non-hydrogen) atoms. The van der Waals surface area contributed by atoms with Gasteiger partial charge in [-0.05, 0) is 25.1 Å². The van der Waals surface area contributed by atoms with E-state index in [0.717, 1.165) is 5.56 Å². The molecule has 0 saturated carbocycles. The Morgan fingerprint density at radius 1 is 1.43 bits per heavy atom. The van der Waals surface area contributed by atoms with Gasteiger partial charge in [0.25, 0.3) is 5.56 Å². The monoisotopic (exact) mass is 306 g/mol. The minimum Gasteiger partial charge on any atom is -0.496 e. The van der Waals surface area contributed by atoms with Crippen LogP contribution in [0.4, 0.5) is 0 Å². The Bertz CT molecular complexity index is 727. The number of aromatic amines is 1. The zero-order chi connectivity index (χ0) is 15.4. The Hall–Kier alpha value is -2.28.